The fourth-order valence-electron chi connectivity index (χ4n) is 2.44. The number of rotatable bonds is 7. The lowest BCUT2D eigenvalue weighted by molar-refractivity contribution is 0.0956. The van der Waals surface area contributed by atoms with E-state index in [1.807, 2.05) is 25.1 Å². The molecule has 1 aromatic carbocycles. The van der Waals surface area contributed by atoms with Gasteiger partial charge in [0.2, 0.25) is 0 Å². The van der Waals surface area contributed by atoms with Crippen molar-refractivity contribution >= 4 is 39.8 Å². The average molecular weight is 387 g/mol. The molecule has 0 unspecified atom stereocenters. The van der Waals surface area contributed by atoms with Gasteiger partial charge in [-0.15, -0.1) is 0 Å². The van der Waals surface area contributed by atoms with E-state index in [9.17, 15) is 4.79 Å². The molecule has 7 heteroatoms. The van der Waals surface area contributed by atoms with E-state index in [0.717, 1.165) is 12.8 Å². The lowest BCUT2D eigenvalue weighted by Gasteiger charge is -2.04. The number of halogens is 1. The Hall–Kier alpha value is -2.44. The molecule has 0 atom stereocenters. The molecule has 26 heavy (non-hydrogen) atoms. The number of thiazole rings is 1. The largest absolute Gasteiger partial charge is 0.351 e. The highest BCUT2D eigenvalue weighted by Gasteiger charge is 2.15. The van der Waals surface area contributed by atoms with Gasteiger partial charge >= 0.3 is 0 Å². The zero-order chi connectivity index (χ0) is 18.4. The van der Waals surface area contributed by atoms with Crippen molar-refractivity contribution in [3.63, 3.8) is 0 Å². The fraction of sp³-hybridized carbons (Fsp3) is 0.211. The summed E-state index contributed by atoms with van der Waals surface area (Å²) in [4.78, 5) is 21.6. The van der Waals surface area contributed by atoms with Crippen molar-refractivity contribution in [2.24, 2.45) is 0 Å². The van der Waals surface area contributed by atoms with Crippen LogP contribution in [0.5, 0.6) is 0 Å². The molecule has 0 spiro atoms. The zero-order valence-corrected chi connectivity index (χ0v) is 15.9. The Bertz CT molecular complexity index is 865. The lowest BCUT2D eigenvalue weighted by Crippen LogP contribution is -2.24. The van der Waals surface area contributed by atoms with E-state index >= 15 is 0 Å². The molecule has 0 fully saturated rings. The van der Waals surface area contributed by atoms with Gasteiger partial charge in [0.1, 0.15) is 10.7 Å². The topological polar surface area (TPSA) is 66.9 Å². The predicted molar refractivity (Wildman–Crippen MR) is 106 cm³/mol. The lowest BCUT2D eigenvalue weighted by atomic mass is 10.1. The van der Waals surface area contributed by atoms with Gasteiger partial charge < -0.3 is 10.6 Å². The highest BCUT2D eigenvalue weighted by atomic mass is 35.5. The van der Waals surface area contributed by atoms with Crippen molar-refractivity contribution in [3.05, 3.63) is 69.8 Å². The van der Waals surface area contributed by atoms with Crippen LogP contribution < -0.4 is 10.6 Å². The van der Waals surface area contributed by atoms with Gasteiger partial charge in [0.25, 0.3) is 5.91 Å². The Labute approximate surface area is 161 Å². The molecule has 1 amide bonds. The van der Waals surface area contributed by atoms with Crippen molar-refractivity contribution in [2.45, 2.75) is 19.8 Å². The summed E-state index contributed by atoms with van der Waals surface area (Å²) in [7, 11) is 0. The molecule has 0 aliphatic carbocycles. The van der Waals surface area contributed by atoms with E-state index in [-0.39, 0.29) is 5.91 Å². The number of pyridine rings is 1. The van der Waals surface area contributed by atoms with E-state index in [2.05, 4.69) is 32.7 Å². The second-order valence-electron chi connectivity index (χ2n) is 5.77. The molecule has 2 N–H and O–H groups in total. The molecule has 2 heterocycles. The van der Waals surface area contributed by atoms with Gasteiger partial charge in [-0.25, -0.2) is 9.97 Å². The first-order valence-corrected chi connectivity index (χ1v) is 9.49. The Kier molecular flexibility index (Phi) is 6.20. The van der Waals surface area contributed by atoms with E-state index in [0.29, 0.717) is 33.1 Å². The van der Waals surface area contributed by atoms with Crippen LogP contribution in [0.25, 0.3) is 0 Å². The molecular formula is C19H19ClN4OS. The van der Waals surface area contributed by atoms with Gasteiger partial charge in [0.15, 0.2) is 5.13 Å². The summed E-state index contributed by atoms with van der Waals surface area (Å²) in [5.74, 6) is 0.545. The van der Waals surface area contributed by atoms with Gasteiger partial charge in [-0.2, -0.15) is 0 Å². The predicted octanol–water partition coefficient (Wildman–Crippen LogP) is 4.61. The highest BCUT2D eigenvalue weighted by molar-refractivity contribution is 7.17. The van der Waals surface area contributed by atoms with Crippen LogP contribution in [0.3, 0.4) is 0 Å². The van der Waals surface area contributed by atoms with Gasteiger partial charge in [-0.1, -0.05) is 53.3 Å². The highest BCUT2D eigenvalue weighted by Crippen LogP contribution is 2.25. The number of aromatic nitrogens is 2. The first-order chi connectivity index (χ1) is 12.6. The minimum atomic E-state index is -0.0924. The summed E-state index contributed by atoms with van der Waals surface area (Å²) in [5.41, 5.74) is 1.98. The maximum atomic E-state index is 12.4. The van der Waals surface area contributed by atoms with E-state index in [4.69, 9.17) is 11.6 Å². The molecule has 134 valence electrons. The smallest absolute Gasteiger partial charge is 0.263 e. The molecule has 2 aromatic heterocycles. The third kappa shape index (κ3) is 5.03. The number of nitrogens with one attached hydrogen (secondary N) is 2. The SMILES string of the molecule is Cc1nc(Nc2ccc(Cl)cn2)sc1C(=O)NCCCc1ccccc1. The van der Waals surface area contributed by atoms with Crippen molar-refractivity contribution in [1.82, 2.24) is 15.3 Å². The third-order valence-corrected chi connectivity index (χ3v) is 5.03. The zero-order valence-electron chi connectivity index (χ0n) is 14.3. The summed E-state index contributed by atoms with van der Waals surface area (Å²) in [5, 5.41) is 7.26. The summed E-state index contributed by atoms with van der Waals surface area (Å²) >= 11 is 7.14. The first kappa shape index (κ1) is 18.4. The number of carbonyl (C=O) groups is 1. The van der Waals surface area contributed by atoms with Gasteiger partial charge in [0.05, 0.1) is 10.7 Å². The number of amides is 1. The van der Waals surface area contributed by atoms with Crippen LogP contribution >= 0.6 is 22.9 Å². The molecule has 0 aliphatic rings. The fourth-order valence-corrected chi connectivity index (χ4v) is 3.44. The van der Waals surface area contributed by atoms with E-state index in [1.54, 1.807) is 18.3 Å². The van der Waals surface area contributed by atoms with Crippen LogP contribution in [0, 0.1) is 6.92 Å². The number of hydrogen-bond acceptors (Lipinski definition) is 5. The Balaban J connectivity index is 1.52. The van der Waals surface area contributed by atoms with Gasteiger partial charge in [-0.05, 0) is 37.5 Å². The first-order valence-electron chi connectivity index (χ1n) is 8.30. The average Bonchev–Trinajstić information content (AvgIpc) is 3.02. The molecule has 0 bridgehead atoms. The maximum absolute atomic E-state index is 12.4. The van der Waals surface area contributed by atoms with Crippen molar-refractivity contribution in [1.29, 1.82) is 0 Å². The van der Waals surface area contributed by atoms with Crippen LogP contribution in [0.15, 0.2) is 48.7 Å². The summed E-state index contributed by atoms with van der Waals surface area (Å²) in [6, 6.07) is 13.8. The quantitative estimate of drug-likeness (QED) is 0.582. The monoisotopic (exact) mass is 386 g/mol. The second kappa shape index (κ2) is 8.78. The summed E-state index contributed by atoms with van der Waals surface area (Å²) in [6.45, 7) is 2.46. The summed E-state index contributed by atoms with van der Waals surface area (Å²) < 4.78 is 0. The number of benzene rings is 1. The van der Waals surface area contributed by atoms with Crippen LogP contribution in [-0.2, 0) is 6.42 Å². The Morgan fingerprint density at radius 1 is 1.19 bits per heavy atom. The molecule has 3 rings (SSSR count). The molecule has 5 nitrogen and oxygen atoms in total. The number of hydrogen-bond donors (Lipinski definition) is 2. The molecule has 3 aromatic rings. The van der Waals surface area contributed by atoms with E-state index in [1.165, 1.54) is 16.9 Å². The van der Waals surface area contributed by atoms with Crippen LogP contribution in [0.2, 0.25) is 5.02 Å². The molecule has 0 aliphatic heterocycles. The Morgan fingerprint density at radius 3 is 2.73 bits per heavy atom. The molecular weight excluding hydrogens is 368 g/mol. The summed E-state index contributed by atoms with van der Waals surface area (Å²) in [6.07, 6.45) is 3.40. The number of anilines is 2. The van der Waals surface area contributed by atoms with Gasteiger partial charge in [-0.3, -0.25) is 4.79 Å². The van der Waals surface area contributed by atoms with Crippen LogP contribution in [0.4, 0.5) is 10.9 Å². The number of nitrogens with zero attached hydrogens (tertiary/aromatic N) is 2. The van der Waals surface area contributed by atoms with Gasteiger partial charge in [0, 0.05) is 12.7 Å². The third-order valence-electron chi connectivity index (χ3n) is 3.74. The molecule has 0 saturated carbocycles. The minimum absolute atomic E-state index is 0.0924. The Morgan fingerprint density at radius 2 is 2.00 bits per heavy atom. The van der Waals surface area contributed by atoms with Crippen molar-refractivity contribution in [3.8, 4) is 0 Å². The second-order valence-corrected chi connectivity index (χ2v) is 7.20. The van der Waals surface area contributed by atoms with Crippen molar-refractivity contribution < 1.29 is 4.79 Å². The van der Waals surface area contributed by atoms with Crippen LogP contribution in [-0.4, -0.2) is 22.4 Å². The van der Waals surface area contributed by atoms with Crippen LogP contribution in [0.1, 0.15) is 27.3 Å². The molecule has 0 saturated heterocycles. The standard InChI is InChI=1S/C19H19ClN4OS/c1-13-17(18(25)21-11-5-8-14-6-3-2-4-7-14)26-19(23-13)24-16-10-9-15(20)12-22-16/h2-4,6-7,9-10,12H,5,8,11H2,1H3,(H,21,25)(H,22,23,24). The number of carbonyl (C=O) groups excluding carboxylic acids is 1. The normalized spacial score (nSPS) is 10.5. The number of aryl methyl sites for hydroxylation is 2. The minimum Gasteiger partial charge on any atom is -0.351 e. The maximum Gasteiger partial charge on any atom is 0.263 e. The van der Waals surface area contributed by atoms with Crippen molar-refractivity contribution in [2.75, 3.05) is 11.9 Å². The van der Waals surface area contributed by atoms with E-state index < -0.39 is 0 Å². The molecule has 0 radical (unpaired) electrons.